The molecule has 0 bridgehead atoms. The Hall–Kier alpha value is -1.13. The van der Waals surface area contributed by atoms with Crippen molar-refractivity contribution in [3.05, 3.63) is 33.2 Å². The van der Waals surface area contributed by atoms with Crippen LogP contribution in [0.5, 0.6) is 0 Å². The molecule has 0 saturated carbocycles. The van der Waals surface area contributed by atoms with Crippen LogP contribution in [-0.2, 0) is 10.0 Å². The average Bonchev–Trinajstić information content (AvgIpc) is 2.60. The summed E-state index contributed by atoms with van der Waals surface area (Å²) in [6.07, 6.45) is 0. The van der Waals surface area contributed by atoms with Gasteiger partial charge < -0.3 is 0 Å². The highest BCUT2D eigenvalue weighted by atomic mass is 79.9. The van der Waals surface area contributed by atoms with Crippen LogP contribution in [0.25, 0.3) is 0 Å². The van der Waals surface area contributed by atoms with Gasteiger partial charge in [-0.15, -0.1) is 10.2 Å². The van der Waals surface area contributed by atoms with E-state index in [4.69, 9.17) is 0 Å². The van der Waals surface area contributed by atoms with Crippen molar-refractivity contribution < 1.29 is 17.2 Å². The minimum atomic E-state index is -4.21. The van der Waals surface area contributed by atoms with E-state index in [0.29, 0.717) is 11.1 Å². The van der Waals surface area contributed by atoms with Gasteiger partial charge in [-0.25, -0.2) is 17.2 Å². The van der Waals surface area contributed by atoms with Gasteiger partial charge in [0.15, 0.2) is 0 Å². The maximum Gasteiger partial charge on any atom is 0.267 e. The highest BCUT2D eigenvalue weighted by Gasteiger charge is 2.24. The van der Waals surface area contributed by atoms with Gasteiger partial charge in [-0.1, -0.05) is 11.3 Å². The molecule has 19 heavy (non-hydrogen) atoms. The third-order valence-corrected chi connectivity index (χ3v) is 5.17. The lowest BCUT2D eigenvalue weighted by atomic mass is 10.3. The van der Waals surface area contributed by atoms with Gasteiger partial charge >= 0.3 is 0 Å². The third kappa shape index (κ3) is 3.07. The lowest BCUT2D eigenvalue weighted by Gasteiger charge is -2.08. The first kappa shape index (κ1) is 14.3. The van der Waals surface area contributed by atoms with Crippen molar-refractivity contribution in [2.75, 3.05) is 4.72 Å². The van der Waals surface area contributed by atoms with Crippen molar-refractivity contribution in [3.63, 3.8) is 0 Å². The average molecular weight is 370 g/mol. The largest absolute Gasteiger partial charge is 0.267 e. The Morgan fingerprint density at radius 2 is 2.00 bits per heavy atom. The smallest absolute Gasteiger partial charge is 0.253 e. The van der Waals surface area contributed by atoms with E-state index in [9.17, 15) is 17.2 Å². The van der Waals surface area contributed by atoms with E-state index in [0.717, 1.165) is 17.4 Å². The Morgan fingerprint density at radius 3 is 2.53 bits per heavy atom. The molecule has 1 heterocycles. The van der Waals surface area contributed by atoms with E-state index in [1.165, 1.54) is 0 Å². The zero-order valence-electron chi connectivity index (χ0n) is 9.32. The normalized spacial score (nSPS) is 11.6. The highest BCUT2D eigenvalue weighted by Crippen LogP contribution is 2.28. The second-order valence-corrected chi connectivity index (χ2v) is 7.09. The van der Waals surface area contributed by atoms with Crippen LogP contribution in [0.15, 0.2) is 21.5 Å². The van der Waals surface area contributed by atoms with E-state index >= 15 is 0 Å². The fourth-order valence-corrected chi connectivity index (χ4v) is 4.28. The van der Waals surface area contributed by atoms with E-state index in [1.54, 1.807) is 6.92 Å². The quantitative estimate of drug-likeness (QED) is 0.902. The molecule has 0 atom stereocenters. The molecule has 0 spiro atoms. The van der Waals surface area contributed by atoms with Crippen LogP contribution in [0.4, 0.5) is 13.9 Å². The number of rotatable bonds is 3. The standard InChI is InChI=1S/C9H6BrF2N3O2S2/c1-4-13-14-9(18-4)15-19(16,17)8-6(10)2-5(11)3-7(8)12/h2-3H,1H3,(H,14,15). The highest BCUT2D eigenvalue weighted by molar-refractivity contribution is 9.10. The van der Waals surface area contributed by atoms with Crippen molar-refractivity contribution in [1.29, 1.82) is 0 Å². The molecule has 0 amide bonds. The molecule has 1 N–H and O–H groups in total. The van der Waals surface area contributed by atoms with Gasteiger partial charge in [-0.2, -0.15) is 0 Å². The summed E-state index contributed by atoms with van der Waals surface area (Å²) >= 11 is 3.82. The fourth-order valence-electron chi connectivity index (χ4n) is 1.29. The van der Waals surface area contributed by atoms with Gasteiger partial charge in [0.1, 0.15) is 21.5 Å². The number of sulfonamides is 1. The van der Waals surface area contributed by atoms with Crippen molar-refractivity contribution in [2.24, 2.45) is 0 Å². The van der Waals surface area contributed by atoms with Crippen molar-refractivity contribution in [1.82, 2.24) is 10.2 Å². The molecule has 0 unspecified atom stereocenters. The Kier molecular flexibility index (Phi) is 3.83. The van der Waals surface area contributed by atoms with Crippen molar-refractivity contribution in [2.45, 2.75) is 11.8 Å². The minimum Gasteiger partial charge on any atom is -0.253 e. The Bertz CT molecular complexity index is 710. The Morgan fingerprint density at radius 1 is 1.32 bits per heavy atom. The molecule has 2 aromatic rings. The Labute approximate surface area is 119 Å². The van der Waals surface area contributed by atoms with Crippen LogP contribution in [0.2, 0.25) is 0 Å². The molecule has 102 valence electrons. The number of hydrogen-bond acceptors (Lipinski definition) is 5. The molecule has 0 fully saturated rings. The lowest BCUT2D eigenvalue weighted by Crippen LogP contribution is -2.15. The maximum atomic E-state index is 13.6. The molecule has 2 rings (SSSR count). The number of nitrogens with one attached hydrogen (secondary N) is 1. The number of aromatic nitrogens is 2. The molecule has 0 aliphatic heterocycles. The van der Waals surface area contributed by atoms with Gasteiger partial charge in [0.2, 0.25) is 5.13 Å². The van der Waals surface area contributed by atoms with Crippen LogP contribution in [0.3, 0.4) is 0 Å². The molecule has 0 saturated heterocycles. The van der Waals surface area contributed by atoms with Crippen molar-refractivity contribution in [3.8, 4) is 0 Å². The lowest BCUT2D eigenvalue weighted by molar-refractivity contribution is 0.548. The molecule has 1 aromatic carbocycles. The van der Waals surface area contributed by atoms with E-state index in [-0.39, 0.29) is 9.60 Å². The molecule has 5 nitrogen and oxygen atoms in total. The molecule has 0 radical (unpaired) electrons. The first-order valence-corrected chi connectivity index (χ1v) is 7.86. The third-order valence-electron chi connectivity index (χ3n) is 1.98. The SMILES string of the molecule is Cc1nnc(NS(=O)(=O)c2c(F)cc(F)cc2Br)s1. The molecule has 1 aromatic heterocycles. The summed E-state index contributed by atoms with van der Waals surface area (Å²) in [5.74, 6) is -2.07. The number of nitrogens with zero attached hydrogens (tertiary/aromatic N) is 2. The second kappa shape index (κ2) is 5.10. The van der Waals surface area contributed by atoms with Gasteiger partial charge in [0, 0.05) is 10.5 Å². The topological polar surface area (TPSA) is 72.0 Å². The first-order chi connectivity index (χ1) is 8.79. The number of benzene rings is 1. The van der Waals surface area contributed by atoms with Gasteiger partial charge in [-0.3, -0.25) is 4.72 Å². The first-order valence-electron chi connectivity index (χ1n) is 4.77. The van der Waals surface area contributed by atoms with Gasteiger partial charge in [-0.05, 0) is 28.9 Å². The van der Waals surface area contributed by atoms with Crippen LogP contribution in [0, 0.1) is 18.6 Å². The summed E-state index contributed by atoms with van der Waals surface area (Å²) in [7, 11) is -4.21. The van der Waals surface area contributed by atoms with Crippen LogP contribution >= 0.6 is 27.3 Å². The molecule has 10 heteroatoms. The monoisotopic (exact) mass is 369 g/mol. The van der Waals surface area contributed by atoms with Crippen LogP contribution in [0.1, 0.15) is 5.01 Å². The zero-order valence-corrected chi connectivity index (χ0v) is 12.5. The summed E-state index contributed by atoms with van der Waals surface area (Å²) < 4.78 is 52.4. The zero-order chi connectivity index (χ0) is 14.2. The van der Waals surface area contributed by atoms with Gasteiger partial charge in [0.05, 0.1) is 0 Å². The van der Waals surface area contributed by atoms with Crippen molar-refractivity contribution >= 4 is 42.4 Å². The maximum absolute atomic E-state index is 13.6. The number of aryl methyl sites for hydroxylation is 1. The summed E-state index contributed by atoms with van der Waals surface area (Å²) in [5, 5.41) is 7.76. The summed E-state index contributed by atoms with van der Waals surface area (Å²) in [6.45, 7) is 1.64. The van der Waals surface area contributed by atoms with Crippen LogP contribution < -0.4 is 4.72 Å². The van der Waals surface area contributed by atoms with Gasteiger partial charge in [0.25, 0.3) is 10.0 Å². The molecular weight excluding hydrogens is 364 g/mol. The minimum absolute atomic E-state index is 0.00752. The van der Waals surface area contributed by atoms with E-state index in [1.807, 2.05) is 0 Å². The molecule has 0 aliphatic carbocycles. The fraction of sp³-hybridized carbons (Fsp3) is 0.111. The second-order valence-electron chi connectivity index (χ2n) is 3.43. The number of hydrogen-bond donors (Lipinski definition) is 1. The molecular formula is C9H6BrF2N3O2S2. The van der Waals surface area contributed by atoms with E-state index in [2.05, 4.69) is 30.8 Å². The molecule has 0 aliphatic rings. The summed E-state index contributed by atoms with van der Waals surface area (Å²) in [4.78, 5) is -0.679. The van der Waals surface area contributed by atoms with E-state index < -0.39 is 26.6 Å². The summed E-state index contributed by atoms with van der Waals surface area (Å²) in [5.41, 5.74) is 0. The van der Waals surface area contributed by atoms with Crippen LogP contribution in [-0.4, -0.2) is 18.6 Å². The predicted molar refractivity (Wildman–Crippen MR) is 69.5 cm³/mol. The Balaban J connectivity index is 2.45. The number of halogens is 3. The predicted octanol–water partition coefficient (Wildman–Crippen LogP) is 2.69. The summed E-state index contributed by atoms with van der Waals surface area (Å²) in [6, 6.07) is 1.35. The number of anilines is 1.